The third kappa shape index (κ3) is 3.23. The van der Waals surface area contributed by atoms with Crippen molar-refractivity contribution in [1.82, 2.24) is 9.88 Å². The molecule has 5 nitrogen and oxygen atoms in total. The Morgan fingerprint density at radius 2 is 2.20 bits per heavy atom. The number of rotatable bonds is 3. The monoisotopic (exact) mass is 274 g/mol. The minimum atomic E-state index is -1.05. The Labute approximate surface area is 117 Å². The number of amides is 1. The lowest BCUT2D eigenvalue weighted by molar-refractivity contribution is -0.131. The van der Waals surface area contributed by atoms with Gasteiger partial charge in [0.2, 0.25) is 0 Å². The van der Waals surface area contributed by atoms with E-state index < -0.39 is 5.97 Å². The molecule has 5 heteroatoms. The van der Waals surface area contributed by atoms with Crippen LogP contribution in [0, 0.1) is 5.41 Å². The number of aromatic nitrogens is 1. The Kier molecular flexibility index (Phi) is 3.88. The van der Waals surface area contributed by atoms with Crippen molar-refractivity contribution in [3.63, 3.8) is 0 Å². The van der Waals surface area contributed by atoms with E-state index in [2.05, 4.69) is 18.8 Å². The van der Waals surface area contributed by atoms with Crippen molar-refractivity contribution in [1.29, 1.82) is 0 Å². The molecule has 0 aliphatic carbocycles. The molecule has 1 aromatic rings. The molecule has 1 fully saturated rings. The van der Waals surface area contributed by atoms with Crippen LogP contribution in [0.15, 0.2) is 24.5 Å². The van der Waals surface area contributed by atoms with Crippen LogP contribution in [0.1, 0.15) is 36.2 Å². The highest BCUT2D eigenvalue weighted by atomic mass is 16.4. The molecule has 0 radical (unpaired) electrons. The van der Waals surface area contributed by atoms with Crippen molar-refractivity contribution in [2.75, 3.05) is 13.1 Å². The van der Waals surface area contributed by atoms with E-state index in [9.17, 15) is 9.59 Å². The molecule has 2 rings (SSSR count). The van der Waals surface area contributed by atoms with Crippen molar-refractivity contribution >= 4 is 18.0 Å². The van der Waals surface area contributed by atoms with Gasteiger partial charge >= 0.3 is 5.97 Å². The Morgan fingerprint density at radius 3 is 2.80 bits per heavy atom. The molecule has 0 saturated carbocycles. The van der Waals surface area contributed by atoms with E-state index in [0.29, 0.717) is 11.1 Å². The molecular formula is C15H18N2O3. The molecule has 0 atom stereocenters. The van der Waals surface area contributed by atoms with E-state index in [4.69, 9.17) is 5.11 Å². The molecule has 0 unspecified atom stereocenters. The average molecular weight is 274 g/mol. The van der Waals surface area contributed by atoms with Crippen LogP contribution in [0.4, 0.5) is 0 Å². The third-order valence-corrected chi connectivity index (χ3v) is 3.45. The van der Waals surface area contributed by atoms with Gasteiger partial charge in [-0.25, -0.2) is 4.79 Å². The number of carbonyl (C=O) groups is 2. The highest BCUT2D eigenvalue weighted by molar-refractivity contribution is 5.99. The zero-order valence-corrected chi connectivity index (χ0v) is 11.7. The largest absolute Gasteiger partial charge is 0.478 e. The molecule has 1 N–H and O–H groups in total. The van der Waals surface area contributed by atoms with Gasteiger partial charge in [-0.15, -0.1) is 0 Å². The van der Waals surface area contributed by atoms with Crippen LogP contribution in [-0.2, 0) is 4.79 Å². The number of carboxylic acids is 1. The number of hydrogen-bond donors (Lipinski definition) is 1. The van der Waals surface area contributed by atoms with Gasteiger partial charge < -0.3 is 10.0 Å². The van der Waals surface area contributed by atoms with Gasteiger partial charge in [-0.3, -0.25) is 9.78 Å². The van der Waals surface area contributed by atoms with E-state index in [1.54, 1.807) is 12.3 Å². The molecule has 1 aromatic heterocycles. The van der Waals surface area contributed by atoms with E-state index in [0.717, 1.165) is 25.6 Å². The van der Waals surface area contributed by atoms with Crippen LogP contribution in [-0.4, -0.2) is 40.0 Å². The van der Waals surface area contributed by atoms with Crippen LogP contribution in [0.5, 0.6) is 0 Å². The average Bonchev–Trinajstić information content (AvgIpc) is 2.76. The first-order chi connectivity index (χ1) is 9.39. The van der Waals surface area contributed by atoms with Gasteiger partial charge in [0.1, 0.15) is 0 Å². The maximum Gasteiger partial charge on any atom is 0.328 e. The second-order valence-electron chi connectivity index (χ2n) is 5.78. The van der Waals surface area contributed by atoms with Crippen molar-refractivity contribution in [3.05, 3.63) is 35.7 Å². The van der Waals surface area contributed by atoms with Gasteiger partial charge in [-0.1, -0.05) is 13.8 Å². The van der Waals surface area contributed by atoms with Crippen molar-refractivity contribution in [2.45, 2.75) is 20.3 Å². The van der Waals surface area contributed by atoms with Crippen LogP contribution < -0.4 is 0 Å². The van der Waals surface area contributed by atoms with Crippen molar-refractivity contribution in [2.24, 2.45) is 5.41 Å². The summed E-state index contributed by atoms with van der Waals surface area (Å²) in [5.74, 6) is -1.11. The number of hydrogen-bond acceptors (Lipinski definition) is 3. The summed E-state index contributed by atoms with van der Waals surface area (Å²) in [6, 6.07) is 1.63. The predicted molar refractivity (Wildman–Crippen MR) is 75.2 cm³/mol. The number of carboxylic acid groups (broad SMARTS) is 1. The number of carbonyl (C=O) groups excluding carboxylic acids is 1. The quantitative estimate of drug-likeness (QED) is 0.856. The van der Waals surface area contributed by atoms with Gasteiger partial charge in [-0.2, -0.15) is 0 Å². The Morgan fingerprint density at radius 1 is 1.45 bits per heavy atom. The summed E-state index contributed by atoms with van der Waals surface area (Å²) in [5.41, 5.74) is 1.17. The summed E-state index contributed by atoms with van der Waals surface area (Å²) >= 11 is 0. The minimum Gasteiger partial charge on any atom is -0.478 e. The lowest BCUT2D eigenvalue weighted by atomic mass is 9.93. The Bertz CT molecular complexity index is 564. The summed E-state index contributed by atoms with van der Waals surface area (Å²) in [6.45, 7) is 5.72. The van der Waals surface area contributed by atoms with Crippen LogP contribution in [0.2, 0.25) is 0 Å². The Hall–Kier alpha value is -2.17. The van der Waals surface area contributed by atoms with Gasteiger partial charge in [0, 0.05) is 42.7 Å². The maximum absolute atomic E-state index is 12.5. The highest BCUT2D eigenvalue weighted by Gasteiger charge is 2.32. The second kappa shape index (κ2) is 5.45. The zero-order valence-electron chi connectivity index (χ0n) is 11.7. The fourth-order valence-corrected chi connectivity index (χ4v) is 2.35. The summed E-state index contributed by atoms with van der Waals surface area (Å²) in [6.07, 6.45) is 6.45. The molecule has 106 valence electrons. The molecule has 1 amide bonds. The van der Waals surface area contributed by atoms with E-state index in [1.807, 2.05) is 4.90 Å². The Balaban J connectivity index is 2.24. The molecule has 0 bridgehead atoms. The van der Waals surface area contributed by atoms with Crippen molar-refractivity contribution < 1.29 is 14.7 Å². The highest BCUT2D eigenvalue weighted by Crippen LogP contribution is 2.30. The van der Waals surface area contributed by atoms with Gasteiger partial charge in [0.05, 0.1) is 0 Å². The standard InChI is InChI=1S/C15H18N2O3/c1-15(2)6-8-17(10-15)14(20)12-5-7-16-9-11(12)3-4-13(18)19/h3-5,7,9H,6,8,10H2,1-2H3,(H,18,19)/b4-3+. The van der Waals surface area contributed by atoms with Gasteiger partial charge in [-0.05, 0) is 24.0 Å². The van der Waals surface area contributed by atoms with Crippen LogP contribution >= 0.6 is 0 Å². The zero-order chi connectivity index (χ0) is 14.8. The fraction of sp³-hybridized carbons (Fsp3) is 0.400. The number of pyridine rings is 1. The van der Waals surface area contributed by atoms with Gasteiger partial charge in [0.15, 0.2) is 0 Å². The second-order valence-corrected chi connectivity index (χ2v) is 5.78. The van der Waals surface area contributed by atoms with Crippen molar-refractivity contribution in [3.8, 4) is 0 Å². The number of aliphatic carboxylic acids is 1. The van der Waals surface area contributed by atoms with E-state index >= 15 is 0 Å². The lowest BCUT2D eigenvalue weighted by Gasteiger charge is -2.20. The SMILES string of the molecule is CC1(C)CCN(C(=O)c2ccncc2/C=C/C(=O)O)C1. The van der Waals surface area contributed by atoms with Crippen LogP contribution in [0.3, 0.4) is 0 Å². The summed E-state index contributed by atoms with van der Waals surface area (Å²) in [5, 5.41) is 8.68. The molecule has 0 spiro atoms. The first-order valence-corrected chi connectivity index (χ1v) is 6.53. The van der Waals surface area contributed by atoms with Crippen LogP contribution in [0.25, 0.3) is 6.08 Å². The summed E-state index contributed by atoms with van der Waals surface area (Å²) in [7, 11) is 0. The molecule has 2 heterocycles. The number of nitrogens with zero attached hydrogens (tertiary/aromatic N) is 2. The normalized spacial score (nSPS) is 17.6. The third-order valence-electron chi connectivity index (χ3n) is 3.45. The fourth-order valence-electron chi connectivity index (χ4n) is 2.35. The predicted octanol–water partition coefficient (Wildman–Crippen LogP) is 2.05. The molecule has 1 aliphatic heterocycles. The molecule has 0 aromatic carbocycles. The smallest absolute Gasteiger partial charge is 0.328 e. The molecule has 20 heavy (non-hydrogen) atoms. The molecular weight excluding hydrogens is 256 g/mol. The minimum absolute atomic E-state index is 0.0667. The maximum atomic E-state index is 12.5. The first kappa shape index (κ1) is 14.2. The van der Waals surface area contributed by atoms with Gasteiger partial charge in [0.25, 0.3) is 5.91 Å². The number of likely N-dealkylation sites (tertiary alicyclic amines) is 1. The molecule has 1 aliphatic rings. The topological polar surface area (TPSA) is 70.5 Å². The van der Waals surface area contributed by atoms with E-state index in [-0.39, 0.29) is 11.3 Å². The summed E-state index contributed by atoms with van der Waals surface area (Å²) < 4.78 is 0. The lowest BCUT2D eigenvalue weighted by Crippen LogP contribution is -2.30. The summed E-state index contributed by atoms with van der Waals surface area (Å²) in [4.78, 5) is 28.9. The molecule has 1 saturated heterocycles. The van der Waals surface area contributed by atoms with E-state index in [1.165, 1.54) is 12.3 Å². The first-order valence-electron chi connectivity index (χ1n) is 6.53.